The van der Waals surface area contributed by atoms with Gasteiger partial charge in [0.15, 0.2) is 0 Å². The summed E-state index contributed by atoms with van der Waals surface area (Å²) in [6.45, 7) is 4.74. The zero-order chi connectivity index (χ0) is 16.7. The molecule has 1 aliphatic carbocycles. The minimum atomic E-state index is 0. The molecule has 120 valence electrons. The van der Waals surface area contributed by atoms with E-state index < -0.39 is 0 Å². The average Bonchev–Trinajstić information content (AvgIpc) is 2.41. The van der Waals surface area contributed by atoms with Gasteiger partial charge >= 0.3 is 29.6 Å². The maximum Gasteiger partial charge on any atom is 1.00 e. The largest absolute Gasteiger partial charge is 1.00 e. The first-order valence-electron chi connectivity index (χ1n) is 6.80. The van der Waals surface area contributed by atoms with Crippen LogP contribution in [0, 0.1) is 5.92 Å². The van der Waals surface area contributed by atoms with Crippen LogP contribution in [0.5, 0.6) is 0 Å². The number of hydrogen-bond acceptors (Lipinski definition) is 2. The molecule has 0 aliphatic heterocycles. The number of benzene rings is 1. The van der Waals surface area contributed by atoms with E-state index in [0.717, 1.165) is 19.3 Å². The van der Waals surface area contributed by atoms with E-state index in [-0.39, 0.29) is 41.4 Å². The summed E-state index contributed by atoms with van der Waals surface area (Å²) in [6.07, 6.45) is 2.75. The number of aliphatic hydroxyl groups excluding tert-OH is 1. The minimum Gasteiger partial charge on any atom is -0.665 e. The summed E-state index contributed by atoms with van der Waals surface area (Å²) in [5.74, 6) is 0.0895. The van der Waals surface area contributed by atoms with Gasteiger partial charge in [-0.1, -0.05) is 40.8 Å². The summed E-state index contributed by atoms with van der Waals surface area (Å²) in [7, 11) is 0. The molecule has 0 saturated heterocycles. The molecule has 0 fully saturated rings. The second-order valence-corrected chi connectivity index (χ2v) is 6.11. The van der Waals surface area contributed by atoms with E-state index >= 15 is 0 Å². The number of halogens is 2. The number of nitrogens with one attached hydrogen (secondary N) is 1. The van der Waals surface area contributed by atoms with E-state index in [1.165, 1.54) is 11.1 Å². The number of carbonyl (C=O) groups excluding carboxylic acids is 1. The molecular formula is C16H18Cl2NNaO3. The Morgan fingerprint density at radius 2 is 1.74 bits per heavy atom. The fourth-order valence-corrected chi connectivity index (χ4v) is 2.87. The first-order valence-corrected chi connectivity index (χ1v) is 7.56. The molecule has 1 atom stereocenters. The maximum atomic E-state index is 12.2. The van der Waals surface area contributed by atoms with Crippen LogP contribution in [-0.4, -0.2) is 17.5 Å². The van der Waals surface area contributed by atoms with Crippen LogP contribution in [-0.2, 0) is 9.59 Å². The first kappa shape index (κ1) is 22.5. The van der Waals surface area contributed by atoms with Crippen molar-refractivity contribution < 1.29 is 44.3 Å². The Bertz CT molecular complexity index is 570. The van der Waals surface area contributed by atoms with Gasteiger partial charge in [0.25, 0.3) is 0 Å². The molecule has 1 amide bonds. The molecule has 0 heterocycles. The predicted molar refractivity (Wildman–Crippen MR) is 89.1 cm³/mol. The van der Waals surface area contributed by atoms with Crippen molar-refractivity contribution in [3.8, 4) is 0 Å². The first-order chi connectivity index (χ1) is 10.4. The summed E-state index contributed by atoms with van der Waals surface area (Å²) >= 11 is 11.8. The summed E-state index contributed by atoms with van der Waals surface area (Å²) in [5.41, 5.74) is 3.40. The molecule has 1 aromatic rings. The predicted octanol–water partition coefficient (Wildman–Crippen LogP) is 1.68. The van der Waals surface area contributed by atoms with Gasteiger partial charge < -0.3 is 15.2 Å². The van der Waals surface area contributed by atoms with Crippen LogP contribution < -0.4 is 34.9 Å². The number of allylic oxidation sites excluding steroid dienone is 2. The van der Waals surface area contributed by atoms with E-state index in [0.29, 0.717) is 22.2 Å². The van der Waals surface area contributed by atoms with Gasteiger partial charge in [0.05, 0.1) is 0 Å². The van der Waals surface area contributed by atoms with Gasteiger partial charge in [0.2, 0.25) is 5.91 Å². The Hall–Kier alpha value is -0.520. The number of amides is 1. The van der Waals surface area contributed by atoms with E-state index in [9.17, 15) is 4.79 Å². The van der Waals surface area contributed by atoms with Crippen molar-refractivity contribution in [2.24, 2.45) is 5.92 Å². The topological polar surface area (TPSA) is 66.4 Å². The molecular weight excluding hydrogens is 348 g/mol. The monoisotopic (exact) mass is 365 g/mol. The second kappa shape index (κ2) is 11.1. The zero-order valence-electron chi connectivity index (χ0n) is 13.5. The Balaban J connectivity index is 0.00000112. The third kappa shape index (κ3) is 7.73. The SMILES string of the molecule is CC1=C(C)CC(C(=O)Nc2cc(Cl)cc(Cl)c2)CC1.O=[C-]O.[Na+]. The summed E-state index contributed by atoms with van der Waals surface area (Å²) in [4.78, 5) is 20.5. The molecule has 2 rings (SSSR count). The fourth-order valence-electron chi connectivity index (χ4n) is 2.34. The molecule has 0 saturated carbocycles. The standard InChI is InChI=1S/C15H17Cl2NO.CHO2.Na/c1-9-3-4-11(5-10(9)2)15(19)18-14-7-12(16)6-13(17)8-14;2-1-3;/h6-8,11H,3-5H2,1-2H3,(H,18,19);(H,2,3);/q;-1;+1. The van der Waals surface area contributed by atoms with E-state index in [2.05, 4.69) is 19.2 Å². The van der Waals surface area contributed by atoms with Crippen LogP contribution in [0.1, 0.15) is 33.1 Å². The van der Waals surface area contributed by atoms with Crippen LogP contribution in [0.2, 0.25) is 10.0 Å². The molecule has 1 unspecified atom stereocenters. The minimum absolute atomic E-state index is 0. The van der Waals surface area contributed by atoms with Crippen molar-refractivity contribution >= 4 is 41.3 Å². The van der Waals surface area contributed by atoms with Crippen molar-refractivity contribution in [1.82, 2.24) is 0 Å². The Kier molecular flexibility index (Phi) is 10.9. The number of anilines is 1. The number of carbonyl (C=O) groups is 1. The van der Waals surface area contributed by atoms with E-state index in [1.807, 2.05) is 0 Å². The Labute approximate surface area is 168 Å². The van der Waals surface area contributed by atoms with Crippen molar-refractivity contribution in [2.75, 3.05) is 5.32 Å². The maximum absolute atomic E-state index is 12.2. The number of hydrogen-bond donors (Lipinski definition) is 2. The summed E-state index contributed by atoms with van der Waals surface area (Å²) < 4.78 is 0. The normalized spacial score (nSPS) is 16.6. The molecule has 4 nitrogen and oxygen atoms in total. The molecule has 2 N–H and O–H groups in total. The molecule has 0 aromatic heterocycles. The van der Waals surface area contributed by atoms with Gasteiger partial charge in [-0.25, -0.2) is 0 Å². The zero-order valence-corrected chi connectivity index (χ0v) is 17.0. The molecule has 7 heteroatoms. The molecule has 0 bridgehead atoms. The van der Waals surface area contributed by atoms with Gasteiger partial charge in [-0.15, -0.1) is 0 Å². The average molecular weight is 366 g/mol. The van der Waals surface area contributed by atoms with Gasteiger partial charge in [0.1, 0.15) is 0 Å². The molecule has 23 heavy (non-hydrogen) atoms. The second-order valence-electron chi connectivity index (χ2n) is 5.24. The van der Waals surface area contributed by atoms with Gasteiger partial charge in [-0.05, 0) is 51.3 Å². The molecule has 1 aromatic carbocycles. The van der Waals surface area contributed by atoms with E-state index in [4.69, 9.17) is 33.1 Å². The molecule has 0 spiro atoms. The summed E-state index contributed by atoms with van der Waals surface area (Å²) in [6, 6.07) is 5.07. The van der Waals surface area contributed by atoms with Gasteiger partial charge in [0, 0.05) is 21.7 Å². The Morgan fingerprint density at radius 3 is 2.22 bits per heavy atom. The third-order valence-electron chi connectivity index (χ3n) is 3.65. The van der Waals surface area contributed by atoms with Crippen LogP contribution in [0.3, 0.4) is 0 Å². The van der Waals surface area contributed by atoms with Gasteiger partial charge in [-0.3, -0.25) is 4.79 Å². The van der Waals surface area contributed by atoms with Crippen molar-refractivity contribution in [2.45, 2.75) is 33.1 Å². The fraction of sp³-hybridized carbons (Fsp3) is 0.375. The quantitative estimate of drug-likeness (QED) is 0.476. The van der Waals surface area contributed by atoms with Crippen molar-refractivity contribution in [3.63, 3.8) is 0 Å². The number of rotatable bonds is 2. The van der Waals surface area contributed by atoms with Crippen LogP contribution >= 0.6 is 23.2 Å². The third-order valence-corrected chi connectivity index (χ3v) is 4.09. The van der Waals surface area contributed by atoms with Gasteiger partial charge in [-0.2, -0.15) is 0 Å². The van der Waals surface area contributed by atoms with Crippen molar-refractivity contribution in [3.05, 3.63) is 39.4 Å². The van der Waals surface area contributed by atoms with E-state index in [1.54, 1.807) is 18.2 Å². The van der Waals surface area contributed by atoms with Crippen LogP contribution in [0.25, 0.3) is 0 Å². The van der Waals surface area contributed by atoms with Crippen LogP contribution in [0.4, 0.5) is 5.69 Å². The summed E-state index contributed by atoms with van der Waals surface area (Å²) in [5, 5.41) is 10.7. The Morgan fingerprint density at radius 1 is 1.22 bits per heavy atom. The molecule has 1 aliphatic rings. The smallest absolute Gasteiger partial charge is 0.665 e. The van der Waals surface area contributed by atoms with Crippen LogP contribution in [0.15, 0.2) is 29.3 Å². The van der Waals surface area contributed by atoms with Crippen molar-refractivity contribution in [1.29, 1.82) is 0 Å². The molecule has 0 radical (unpaired) electrons.